The molecule has 2 aromatic carbocycles. The van der Waals surface area contributed by atoms with Crippen molar-refractivity contribution in [2.45, 2.75) is 46.9 Å². The summed E-state index contributed by atoms with van der Waals surface area (Å²) >= 11 is 0. The summed E-state index contributed by atoms with van der Waals surface area (Å²) < 4.78 is 8.11. The first-order valence-corrected chi connectivity index (χ1v) is 10.2. The SMILES string of the molecule is Cc1nc(Cn2c(C)nc3ccccc32)cc(NCc2ccccc2OC(C)C)n1. The number of hydrogen-bond donors (Lipinski definition) is 1. The van der Waals surface area contributed by atoms with Gasteiger partial charge < -0.3 is 14.6 Å². The maximum atomic E-state index is 5.92. The van der Waals surface area contributed by atoms with Crippen LogP contribution in [0, 0.1) is 13.8 Å². The molecule has 0 saturated carbocycles. The van der Waals surface area contributed by atoms with Crippen molar-refractivity contribution in [3.8, 4) is 5.75 Å². The smallest absolute Gasteiger partial charge is 0.130 e. The second-order valence-electron chi connectivity index (χ2n) is 7.65. The largest absolute Gasteiger partial charge is 0.491 e. The highest BCUT2D eigenvalue weighted by atomic mass is 16.5. The Morgan fingerprint density at radius 1 is 0.967 bits per heavy atom. The Morgan fingerprint density at radius 2 is 1.73 bits per heavy atom. The zero-order chi connectivity index (χ0) is 21.1. The van der Waals surface area contributed by atoms with Gasteiger partial charge >= 0.3 is 0 Å². The molecule has 2 heterocycles. The Morgan fingerprint density at radius 3 is 2.57 bits per heavy atom. The first-order chi connectivity index (χ1) is 14.5. The lowest BCUT2D eigenvalue weighted by Gasteiger charge is -2.15. The first-order valence-electron chi connectivity index (χ1n) is 10.2. The summed E-state index contributed by atoms with van der Waals surface area (Å²) in [5, 5.41) is 3.43. The van der Waals surface area contributed by atoms with E-state index in [1.165, 1.54) is 0 Å². The molecule has 0 aliphatic rings. The number of anilines is 1. The molecule has 154 valence electrons. The Kier molecular flexibility index (Phi) is 5.65. The first kappa shape index (κ1) is 19.9. The number of aromatic nitrogens is 4. The van der Waals surface area contributed by atoms with Crippen LogP contribution in [0.5, 0.6) is 5.75 Å². The molecule has 30 heavy (non-hydrogen) atoms. The molecule has 0 aliphatic heterocycles. The molecule has 0 atom stereocenters. The highest BCUT2D eigenvalue weighted by Gasteiger charge is 2.10. The number of aryl methyl sites for hydroxylation is 2. The highest BCUT2D eigenvalue weighted by molar-refractivity contribution is 5.75. The van der Waals surface area contributed by atoms with E-state index in [0.29, 0.717) is 13.1 Å². The summed E-state index contributed by atoms with van der Waals surface area (Å²) in [5.41, 5.74) is 4.16. The number of para-hydroxylation sites is 3. The Bertz CT molecular complexity index is 1170. The number of hydrogen-bond acceptors (Lipinski definition) is 5. The minimum Gasteiger partial charge on any atom is -0.491 e. The summed E-state index contributed by atoms with van der Waals surface area (Å²) in [6.45, 7) is 9.30. The fourth-order valence-electron chi connectivity index (χ4n) is 3.56. The predicted octanol–water partition coefficient (Wildman–Crippen LogP) is 4.89. The third-order valence-corrected chi connectivity index (χ3v) is 4.85. The van der Waals surface area contributed by atoms with E-state index in [1.807, 2.05) is 70.2 Å². The molecule has 0 amide bonds. The van der Waals surface area contributed by atoms with E-state index in [0.717, 1.165) is 45.5 Å². The van der Waals surface area contributed by atoms with Gasteiger partial charge in [0.15, 0.2) is 0 Å². The minimum atomic E-state index is 0.132. The van der Waals surface area contributed by atoms with Crippen LogP contribution in [0.1, 0.15) is 36.8 Å². The second-order valence-corrected chi connectivity index (χ2v) is 7.65. The average molecular weight is 402 g/mol. The van der Waals surface area contributed by atoms with Crippen molar-refractivity contribution in [1.29, 1.82) is 0 Å². The van der Waals surface area contributed by atoms with Crippen LogP contribution in [0.3, 0.4) is 0 Å². The van der Waals surface area contributed by atoms with Gasteiger partial charge in [-0.2, -0.15) is 0 Å². The lowest BCUT2D eigenvalue weighted by atomic mass is 10.2. The lowest BCUT2D eigenvalue weighted by Crippen LogP contribution is -2.11. The van der Waals surface area contributed by atoms with Crippen LogP contribution in [0.4, 0.5) is 5.82 Å². The van der Waals surface area contributed by atoms with Crippen molar-refractivity contribution in [2.75, 3.05) is 5.32 Å². The molecule has 0 aliphatic carbocycles. The molecule has 4 rings (SSSR count). The zero-order valence-electron chi connectivity index (χ0n) is 17.9. The fraction of sp³-hybridized carbons (Fsp3) is 0.292. The summed E-state index contributed by atoms with van der Waals surface area (Å²) in [7, 11) is 0. The van der Waals surface area contributed by atoms with Gasteiger partial charge in [-0.3, -0.25) is 0 Å². The monoisotopic (exact) mass is 401 g/mol. The molecule has 2 aromatic heterocycles. The van der Waals surface area contributed by atoms with E-state index >= 15 is 0 Å². The summed E-state index contributed by atoms with van der Waals surface area (Å²) in [6, 6.07) is 18.3. The van der Waals surface area contributed by atoms with Crippen LogP contribution in [0.15, 0.2) is 54.6 Å². The molecule has 0 saturated heterocycles. The van der Waals surface area contributed by atoms with Gasteiger partial charge in [-0.15, -0.1) is 0 Å². The quantitative estimate of drug-likeness (QED) is 0.478. The Hall–Kier alpha value is -3.41. The second kappa shape index (κ2) is 8.53. The van der Waals surface area contributed by atoms with Crippen molar-refractivity contribution in [1.82, 2.24) is 19.5 Å². The average Bonchev–Trinajstić information content (AvgIpc) is 3.02. The molecule has 0 spiro atoms. The van der Waals surface area contributed by atoms with Crippen LogP contribution in [0.2, 0.25) is 0 Å². The summed E-state index contributed by atoms with van der Waals surface area (Å²) in [4.78, 5) is 13.9. The van der Waals surface area contributed by atoms with Crippen molar-refractivity contribution in [2.24, 2.45) is 0 Å². The van der Waals surface area contributed by atoms with E-state index in [2.05, 4.69) is 37.0 Å². The number of benzene rings is 2. The highest BCUT2D eigenvalue weighted by Crippen LogP contribution is 2.21. The van der Waals surface area contributed by atoms with Crippen LogP contribution < -0.4 is 10.1 Å². The van der Waals surface area contributed by atoms with E-state index in [9.17, 15) is 0 Å². The standard InChI is InChI=1S/C24H27N5O/c1-16(2)30-23-12-8-5-9-19(23)14-25-24-13-20(26-17(3)27-24)15-29-18(4)28-21-10-6-7-11-22(21)29/h5-13,16H,14-15H2,1-4H3,(H,25,26,27). The van der Waals surface area contributed by atoms with Crippen LogP contribution in [0.25, 0.3) is 11.0 Å². The zero-order valence-corrected chi connectivity index (χ0v) is 17.9. The molecule has 4 aromatic rings. The molecule has 1 N–H and O–H groups in total. The molecular formula is C24H27N5O. The molecule has 0 fully saturated rings. The van der Waals surface area contributed by atoms with E-state index in [-0.39, 0.29) is 6.10 Å². The Balaban J connectivity index is 1.55. The molecule has 0 bridgehead atoms. The van der Waals surface area contributed by atoms with Crippen molar-refractivity contribution < 1.29 is 4.74 Å². The molecule has 6 heteroatoms. The van der Waals surface area contributed by atoms with Gasteiger partial charge in [0.25, 0.3) is 0 Å². The van der Waals surface area contributed by atoms with Crippen molar-refractivity contribution >= 4 is 16.9 Å². The maximum absolute atomic E-state index is 5.92. The predicted molar refractivity (Wildman–Crippen MR) is 120 cm³/mol. The number of nitrogens with one attached hydrogen (secondary N) is 1. The third kappa shape index (κ3) is 4.43. The Labute approximate surface area is 177 Å². The van der Waals surface area contributed by atoms with Gasteiger partial charge in [0, 0.05) is 18.2 Å². The normalized spacial score (nSPS) is 11.2. The number of nitrogens with zero attached hydrogens (tertiary/aromatic N) is 4. The lowest BCUT2D eigenvalue weighted by molar-refractivity contribution is 0.240. The maximum Gasteiger partial charge on any atom is 0.130 e. The third-order valence-electron chi connectivity index (χ3n) is 4.85. The molecule has 0 radical (unpaired) electrons. The fourth-order valence-corrected chi connectivity index (χ4v) is 3.56. The van der Waals surface area contributed by atoms with E-state index in [1.54, 1.807) is 0 Å². The van der Waals surface area contributed by atoms with Crippen molar-refractivity contribution in [3.63, 3.8) is 0 Å². The topological polar surface area (TPSA) is 64.9 Å². The van der Waals surface area contributed by atoms with Crippen molar-refractivity contribution in [3.05, 3.63) is 77.5 Å². The number of imidazole rings is 1. The van der Waals surface area contributed by atoms with Gasteiger partial charge in [0.2, 0.25) is 0 Å². The van der Waals surface area contributed by atoms with Gasteiger partial charge in [-0.1, -0.05) is 30.3 Å². The van der Waals surface area contributed by atoms with Crippen LogP contribution in [-0.2, 0) is 13.1 Å². The molecule has 6 nitrogen and oxygen atoms in total. The number of rotatable bonds is 7. The van der Waals surface area contributed by atoms with Gasteiger partial charge in [0.05, 0.1) is 29.4 Å². The van der Waals surface area contributed by atoms with E-state index < -0.39 is 0 Å². The summed E-state index contributed by atoms with van der Waals surface area (Å²) in [6.07, 6.45) is 0.132. The van der Waals surface area contributed by atoms with E-state index in [4.69, 9.17) is 4.74 Å². The van der Waals surface area contributed by atoms with Gasteiger partial charge in [0.1, 0.15) is 23.2 Å². The number of fused-ring (bicyclic) bond motifs is 1. The van der Waals surface area contributed by atoms with Gasteiger partial charge in [-0.25, -0.2) is 15.0 Å². The summed E-state index contributed by atoms with van der Waals surface area (Å²) in [5.74, 6) is 3.41. The van der Waals surface area contributed by atoms with Crippen LogP contribution >= 0.6 is 0 Å². The van der Waals surface area contributed by atoms with Crippen LogP contribution in [-0.4, -0.2) is 25.6 Å². The molecular weight excluding hydrogens is 374 g/mol. The number of ether oxygens (including phenoxy) is 1. The van der Waals surface area contributed by atoms with Gasteiger partial charge in [-0.05, 0) is 45.9 Å². The molecule has 0 unspecified atom stereocenters. The minimum absolute atomic E-state index is 0.132.